The van der Waals surface area contributed by atoms with E-state index in [1.54, 1.807) is 0 Å². The number of nitrogens with zero attached hydrogens (tertiary/aromatic N) is 3. The Balaban J connectivity index is 1.16. The summed E-state index contributed by atoms with van der Waals surface area (Å²) < 4.78 is 5.79. The standard InChI is InChI=1S/C23H28ClN3O2/c24-21-5-7-22(8-6-21)29-16-15-25-11-13-26(14-12-25)18-23(28)27-10-9-19-3-1-2-4-20(19)17-27/h1-8H,9-18H2. The molecule has 2 aromatic carbocycles. The van der Waals surface area contributed by atoms with Gasteiger partial charge < -0.3 is 9.64 Å². The largest absolute Gasteiger partial charge is 0.492 e. The number of hydrogen-bond donors (Lipinski definition) is 0. The van der Waals surface area contributed by atoms with Crippen molar-refractivity contribution < 1.29 is 9.53 Å². The van der Waals surface area contributed by atoms with Gasteiger partial charge in [0.2, 0.25) is 5.91 Å². The average Bonchev–Trinajstić information content (AvgIpc) is 2.76. The second kappa shape index (κ2) is 9.61. The molecule has 0 unspecified atom stereocenters. The summed E-state index contributed by atoms with van der Waals surface area (Å²) in [6.45, 7) is 7.46. The lowest BCUT2D eigenvalue weighted by atomic mass is 10.00. The number of carbonyl (C=O) groups is 1. The van der Waals surface area contributed by atoms with E-state index in [-0.39, 0.29) is 5.91 Å². The molecule has 4 rings (SSSR count). The van der Waals surface area contributed by atoms with Crippen molar-refractivity contribution in [2.24, 2.45) is 0 Å². The van der Waals surface area contributed by atoms with Crippen LogP contribution in [0.4, 0.5) is 0 Å². The van der Waals surface area contributed by atoms with Crippen LogP contribution in [0.1, 0.15) is 11.1 Å². The number of benzene rings is 2. The minimum Gasteiger partial charge on any atom is -0.492 e. The van der Waals surface area contributed by atoms with E-state index in [1.165, 1.54) is 11.1 Å². The molecule has 2 aliphatic rings. The van der Waals surface area contributed by atoms with Crippen LogP contribution in [0.25, 0.3) is 0 Å². The van der Waals surface area contributed by atoms with Crippen molar-refractivity contribution in [2.45, 2.75) is 13.0 Å². The van der Waals surface area contributed by atoms with Crippen molar-refractivity contribution in [1.29, 1.82) is 0 Å². The Kier molecular flexibility index (Phi) is 6.70. The lowest BCUT2D eigenvalue weighted by molar-refractivity contribution is -0.133. The molecule has 1 saturated heterocycles. The Morgan fingerprint density at radius 1 is 0.897 bits per heavy atom. The SMILES string of the molecule is O=C(CN1CCN(CCOc2ccc(Cl)cc2)CC1)N1CCc2ccccc2C1. The highest BCUT2D eigenvalue weighted by Gasteiger charge is 2.24. The Morgan fingerprint density at radius 2 is 1.59 bits per heavy atom. The summed E-state index contributed by atoms with van der Waals surface area (Å²) in [5, 5.41) is 0.719. The monoisotopic (exact) mass is 413 g/mol. The first kappa shape index (κ1) is 20.2. The van der Waals surface area contributed by atoms with Crippen LogP contribution in [0.2, 0.25) is 5.02 Å². The van der Waals surface area contributed by atoms with Gasteiger partial charge in [-0.3, -0.25) is 14.6 Å². The Labute approximate surface area is 177 Å². The molecule has 0 radical (unpaired) electrons. The number of hydrogen-bond acceptors (Lipinski definition) is 4. The van der Waals surface area contributed by atoms with E-state index < -0.39 is 0 Å². The van der Waals surface area contributed by atoms with E-state index in [0.717, 1.165) is 63.0 Å². The van der Waals surface area contributed by atoms with Gasteiger partial charge in [0.1, 0.15) is 12.4 Å². The molecule has 0 N–H and O–H groups in total. The van der Waals surface area contributed by atoms with Gasteiger partial charge in [0.25, 0.3) is 0 Å². The highest BCUT2D eigenvalue weighted by atomic mass is 35.5. The summed E-state index contributed by atoms with van der Waals surface area (Å²) in [5.74, 6) is 1.10. The fraction of sp³-hybridized carbons (Fsp3) is 0.435. The van der Waals surface area contributed by atoms with Gasteiger partial charge in [0, 0.05) is 50.8 Å². The van der Waals surface area contributed by atoms with Crippen molar-refractivity contribution >= 4 is 17.5 Å². The van der Waals surface area contributed by atoms with Crippen LogP contribution in [0.15, 0.2) is 48.5 Å². The van der Waals surface area contributed by atoms with Crippen LogP contribution >= 0.6 is 11.6 Å². The maximum absolute atomic E-state index is 12.8. The van der Waals surface area contributed by atoms with Gasteiger partial charge in [-0.15, -0.1) is 0 Å². The van der Waals surface area contributed by atoms with Gasteiger partial charge >= 0.3 is 0 Å². The van der Waals surface area contributed by atoms with E-state index >= 15 is 0 Å². The molecule has 2 aliphatic heterocycles. The third-order valence-corrected chi connectivity index (χ3v) is 6.05. The normalized spacial score (nSPS) is 17.8. The Hall–Kier alpha value is -2.08. The Morgan fingerprint density at radius 3 is 2.34 bits per heavy atom. The molecule has 2 heterocycles. The fourth-order valence-corrected chi connectivity index (χ4v) is 4.12. The molecule has 0 aromatic heterocycles. The number of amides is 1. The van der Waals surface area contributed by atoms with Gasteiger partial charge in [-0.25, -0.2) is 0 Å². The lowest BCUT2D eigenvalue weighted by Gasteiger charge is -2.36. The zero-order valence-electron chi connectivity index (χ0n) is 16.7. The summed E-state index contributed by atoms with van der Waals surface area (Å²) in [7, 11) is 0. The number of halogens is 1. The van der Waals surface area contributed by atoms with Crippen LogP contribution in [0.3, 0.4) is 0 Å². The first-order valence-electron chi connectivity index (χ1n) is 10.3. The third-order valence-electron chi connectivity index (χ3n) is 5.80. The van der Waals surface area contributed by atoms with Crippen molar-refractivity contribution in [3.8, 4) is 5.75 Å². The molecule has 0 atom stereocenters. The maximum atomic E-state index is 12.8. The molecule has 0 saturated carbocycles. The summed E-state index contributed by atoms with van der Waals surface area (Å²) in [5.41, 5.74) is 2.67. The fourth-order valence-electron chi connectivity index (χ4n) is 3.99. The highest BCUT2D eigenvalue weighted by molar-refractivity contribution is 6.30. The van der Waals surface area contributed by atoms with Crippen LogP contribution in [-0.4, -0.2) is 73.0 Å². The van der Waals surface area contributed by atoms with E-state index in [2.05, 4.69) is 34.1 Å². The van der Waals surface area contributed by atoms with Crippen molar-refractivity contribution in [3.05, 3.63) is 64.7 Å². The zero-order chi connectivity index (χ0) is 20.1. The summed E-state index contributed by atoms with van der Waals surface area (Å²) >= 11 is 5.89. The first-order chi connectivity index (χ1) is 14.2. The number of carbonyl (C=O) groups excluding carboxylic acids is 1. The van der Waals surface area contributed by atoms with Crippen molar-refractivity contribution in [2.75, 3.05) is 52.4 Å². The third kappa shape index (κ3) is 5.50. The molecular formula is C23H28ClN3O2. The van der Waals surface area contributed by atoms with E-state index in [4.69, 9.17) is 16.3 Å². The Bertz CT molecular complexity index is 819. The number of piperazine rings is 1. The summed E-state index contributed by atoms with van der Waals surface area (Å²) in [6, 6.07) is 15.9. The number of ether oxygens (including phenoxy) is 1. The van der Waals surface area contributed by atoms with Crippen LogP contribution in [-0.2, 0) is 17.8 Å². The molecule has 6 heteroatoms. The molecule has 5 nitrogen and oxygen atoms in total. The quantitative estimate of drug-likeness (QED) is 0.729. The number of fused-ring (bicyclic) bond motifs is 1. The second-order valence-electron chi connectivity index (χ2n) is 7.75. The van der Waals surface area contributed by atoms with Crippen LogP contribution < -0.4 is 4.74 Å². The van der Waals surface area contributed by atoms with E-state index in [9.17, 15) is 4.79 Å². The first-order valence-corrected chi connectivity index (χ1v) is 10.7. The van der Waals surface area contributed by atoms with Crippen molar-refractivity contribution in [1.82, 2.24) is 14.7 Å². The van der Waals surface area contributed by atoms with E-state index in [0.29, 0.717) is 13.2 Å². The van der Waals surface area contributed by atoms with Gasteiger partial charge in [0.05, 0.1) is 6.54 Å². The lowest BCUT2D eigenvalue weighted by Crippen LogP contribution is -2.51. The molecule has 154 valence electrons. The molecule has 0 aliphatic carbocycles. The molecule has 29 heavy (non-hydrogen) atoms. The van der Waals surface area contributed by atoms with Crippen LogP contribution in [0, 0.1) is 0 Å². The van der Waals surface area contributed by atoms with Gasteiger partial charge in [0.15, 0.2) is 0 Å². The minimum absolute atomic E-state index is 0.249. The van der Waals surface area contributed by atoms with E-state index in [1.807, 2.05) is 29.2 Å². The minimum atomic E-state index is 0.249. The molecular weight excluding hydrogens is 386 g/mol. The second-order valence-corrected chi connectivity index (χ2v) is 8.19. The average molecular weight is 414 g/mol. The maximum Gasteiger partial charge on any atom is 0.237 e. The predicted octanol–water partition coefficient (Wildman–Crippen LogP) is 2.92. The smallest absolute Gasteiger partial charge is 0.237 e. The summed E-state index contributed by atoms with van der Waals surface area (Å²) in [6.07, 6.45) is 0.962. The molecule has 0 spiro atoms. The molecule has 1 fully saturated rings. The highest BCUT2D eigenvalue weighted by Crippen LogP contribution is 2.19. The zero-order valence-corrected chi connectivity index (χ0v) is 17.5. The summed E-state index contributed by atoms with van der Waals surface area (Å²) in [4.78, 5) is 19.4. The predicted molar refractivity (Wildman–Crippen MR) is 115 cm³/mol. The van der Waals surface area contributed by atoms with Crippen molar-refractivity contribution in [3.63, 3.8) is 0 Å². The van der Waals surface area contributed by atoms with Gasteiger partial charge in [-0.05, 0) is 41.8 Å². The van der Waals surface area contributed by atoms with Crippen LogP contribution in [0.5, 0.6) is 5.75 Å². The van der Waals surface area contributed by atoms with Gasteiger partial charge in [-0.2, -0.15) is 0 Å². The number of rotatable bonds is 6. The topological polar surface area (TPSA) is 36.0 Å². The molecule has 1 amide bonds. The molecule has 0 bridgehead atoms. The molecule has 2 aromatic rings. The van der Waals surface area contributed by atoms with Gasteiger partial charge in [-0.1, -0.05) is 35.9 Å².